The number of aryl methyl sites for hydroxylation is 2. The molecular weight excluding hydrogens is 302 g/mol. The normalized spacial score (nSPS) is 16.0. The Morgan fingerprint density at radius 2 is 1.92 bits per heavy atom. The molecule has 1 amide bonds. The van der Waals surface area contributed by atoms with Crippen molar-refractivity contribution in [2.45, 2.75) is 33.2 Å². The van der Waals surface area contributed by atoms with Crippen LogP contribution in [0.4, 0.5) is 5.69 Å². The number of ether oxygens (including phenoxy) is 1. The average molecular weight is 323 g/mol. The Labute approximate surface area is 142 Å². The van der Waals surface area contributed by atoms with Gasteiger partial charge in [0.1, 0.15) is 0 Å². The fourth-order valence-electron chi connectivity index (χ4n) is 3.26. The molecule has 1 atom stereocenters. The zero-order chi connectivity index (χ0) is 17.3. The van der Waals surface area contributed by atoms with Crippen molar-refractivity contribution in [2.24, 2.45) is 0 Å². The van der Waals surface area contributed by atoms with E-state index in [1.165, 1.54) is 0 Å². The van der Waals surface area contributed by atoms with Gasteiger partial charge in [-0.05, 0) is 50.5 Å². The van der Waals surface area contributed by atoms with Crippen LogP contribution in [-0.4, -0.2) is 24.5 Å². The van der Waals surface area contributed by atoms with Gasteiger partial charge in [-0.2, -0.15) is 0 Å². The van der Waals surface area contributed by atoms with Gasteiger partial charge in [0.2, 0.25) is 0 Å². The molecule has 4 nitrogen and oxygen atoms in total. The Bertz CT molecular complexity index is 797. The van der Waals surface area contributed by atoms with E-state index in [0.717, 1.165) is 28.8 Å². The number of rotatable bonds is 3. The lowest BCUT2D eigenvalue weighted by Gasteiger charge is -2.22. The lowest BCUT2D eigenvalue weighted by Crippen LogP contribution is -2.38. The minimum absolute atomic E-state index is 0.0784. The number of amides is 1. The third-order valence-corrected chi connectivity index (χ3v) is 4.40. The molecule has 0 radical (unpaired) electrons. The van der Waals surface area contributed by atoms with Gasteiger partial charge in [-0.15, -0.1) is 0 Å². The van der Waals surface area contributed by atoms with Crippen LogP contribution >= 0.6 is 0 Å². The second kappa shape index (κ2) is 6.48. The Balaban J connectivity index is 1.69. The minimum atomic E-state index is -0.457. The third kappa shape index (κ3) is 3.04. The molecule has 24 heavy (non-hydrogen) atoms. The average Bonchev–Trinajstić information content (AvgIpc) is 2.88. The first kappa shape index (κ1) is 16.2. The summed E-state index contributed by atoms with van der Waals surface area (Å²) < 4.78 is 5.26. The van der Waals surface area contributed by atoms with E-state index in [9.17, 15) is 9.59 Å². The van der Waals surface area contributed by atoms with Crippen LogP contribution in [0.25, 0.3) is 0 Å². The van der Waals surface area contributed by atoms with Crippen LogP contribution in [0.2, 0.25) is 0 Å². The second-order valence-corrected chi connectivity index (χ2v) is 6.34. The summed E-state index contributed by atoms with van der Waals surface area (Å²) in [6.45, 7) is 5.59. The molecule has 0 saturated carbocycles. The van der Waals surface area contributed by atoms with E-state index in [1.54, 1.807) is 11.0 Å². The van der Waals surface area contributed by atoms with Crippen LogP contribution in [-0.2, 0) is 16.0 Å². The van der Waals surface area contributed by atoms with Crippen LogP contribution in [0, 0.1) is 13.8 Å². The van der Waals surface area contributed by atoms with E-state index < -0.39 is 5.97 Å². The molecule has 0 bridgehead atoms. The van der Waals surface area contributed by atoms with Crippen molar-refractivity contribution in [3.8, 4) is 0 Å². The van der Waals surface area contributed by atoms with Crippen LogP contribution < -0.4 is 4.90 Å². The molecule has 2 aromatic carbocycles. The summed E-state index contributed by atoms with van der Waals surface area (Å²) in [6.07, 6.45) is 0.826. The molecule has 4 heteroatoms. The summed E-state index contributed by atoms with van der Waals surface area (Å²) in [4.78, 5) is 26.5. The van der Waals surface area contributed by atoms with E-state index in [-0.39, 0.29) is 18.6 Å². The molecule has 2 aromatic rings. The predicted octanol–water partition coefficient (Wildman–Crippen LogP) is 3.44. The summed E-state index contributed by atoms with van der Waals surface area (Å²) in [5, 5.41) is 0. The summed E-state index contributed by atoms with van der Waals surface area (Å²) in [7, 11) is 0. The topological polar surface area (TPSA) is 46.6 Å². The van der Waals surface area contributed by atoms with Gasteiger partial charge < -0.3 is 9.64 Å². The SMILES string of the molecule is Cc1ccc(C(=O)OCC(=O)N2c3ccccc3C[C@@H]2C)c(C)c1. The van der Waals surface area contributed by atoms with Crippen LogP contribution in [0.15, 0.2) is 42.5 Å². The second-order valence-electron chi connectivity index (χ2n) is 6.34. The highest BCUT2D eigenvalue weighted by Gasteiger charge is 2.31. The molecule has 0 aromatic heterocycles. The number of hydrogen-bond donors (Lipinski definition) is 0. The molecule has 0 saturated heterocycles. The molecular formula is C20H21NO3. The van der Waals surface area contributed by atoms with Crippen LogP contribution in [0.3, 0.4) is 0 Å². The number of fused-ring (bicyclic) bond motifs is 1. The Kier molecular flexibility index (Phi) is 4.38. The zero-order valence-corrected chi connectivity index (χ0v) is 14.2. The molecule has 0 spiro atoms. The van der Waals surface area contributed by atoms with Gasteiger partial charge in [0.25, 0.3) is 5.91 Å². The van der Waals surface area contributed by atoms with E-state index >= 15 is 0 Å². The van der Waals surface area contributed by atoms with Crippen molar-refractivity contribution >= 4 is 17.6 Å². The smallest absolute Gasteiger partial charge is 0.338 e. The quantitative estimate of drug-likeness (QED) is 0.813. The highest BCUT2D eigenvalue weighted by molar-refractivity contribution is 5.99. The van der Waals surface area contributed by atoms with Gasteiger partial charge in [0.15, 0.2) is 6.61 Å². The molecule has 0 fully saturated rings. The number of benzene rings is 2. The first-order chi connectivity index (χ1) is 11.5. The molecule has 1 aliphatic rings. The zero-order valence-electron chi connectivity index (χ0n) is 14.2. The summed E-state index contributed by atoms with van der Waals surface area (Å²) in [5.41, 5.74) is 4.51. The number of hydrogen-bond acceptors (Lipinski definition) is 3. The van der Waals surface area contributed by atoms with Gasteiger partial charge in [0.05, 0.1) is 5.56 Å². The molecule has 0 unspecified atom stereocenters. The maximum absolute atomic E-state index is 12.5. The molecule has 1 aliphatic heterocycles. The largest absolute Gasteiger partial charge is 0.452 e. The molecule has 0 aliphatic carbocycles. The monoisotopic (exact) mass is 323 g/mol. The van der Waals surface area contributed by atoms with Crippen LogP contribution in [0.1, 0.15) is 34.0 Å². The highest BCUT2D eigenvalue weighted by Crippen LogP contribution is 2.31. The van der Waals surface area contributed by atoms with Gasteiger partial charge in [-0.1, -0.05) is 35.9 Å². The maximum atomic E-state index is 12.5. The van der Waals surface area contributed by atoms with E-state index in [0.29, 0.717) is 5.56 Å². The number of carbonyl (C=O) groups is 2. The maximum Gasteiger partial charge on any atom is 0.338 e. The van der Waals surface area contributed by atoms with E-state index in [2.05, 4.69) is 0 Å². The Hall–Kier alpha value is -2.62. The highest BCUT2D eigenvalue weighted by atomic mass is 16.5. The van der Waals surface area contributed by atoms with Crippen molar-refractivity contribution in [1.82, 2.24) is 0 Å². The van der Waals surface area contributed by atoms with Crippen molar-refractivity contribution in [2.75, 3.05) is 11.5 Å². The number of para-hydroxylation sites is 1. The lowest BCUT2D eigenvalue weighted by molar-refractivity contribution is -0.122. The van der Waals surface area contributed by atoms with E-state index in [1.807, 2.05) is 57.2 Å². The predicted molar refractivity (Wildman–Crippen MR) is 93.3 cm³/mol. The number of carbonyl (C=O) groups excluding carboxylic acids is 2. The Morgan fingerprint density at radius 3 is 2.67 bits per heavy atom. The molecule has 0 N–H and O–H groups in total. The number of nitrogens with zero attached hydrogens (tertiary/aromatic N) is 1. The third-order valence-electron chi connectivity index (χ3n) is 4.40. The van der Waals surface area contributed by atoms with E-state index in [4.69, 9.17) is 4.74 Å². The number of esters is 1. The first-order valence-electron chi connectivity index (χ1n) is 8.11. The Morgan fingerprint density at radius 1 is 1.17 bits per heavy atom. The van der Waals surface area contributed by atoms with Gasteiger partial charge in [0, 0.05) is 11.7 Å². The van der Waals surface area contributed by atoms with Crippen molar-refractivity contribution < 1.29 is 14.3 Å². The van der Waals surface area contributed by atoms with Gasteiger partial charge >= 0.3 is 5.97 Å². The summed E-state index contributed by atoms with van der Waals surface area (Å²) >= 11 is 0. The summed E-state index contributed by atoms with van der Waals surface area (Å²) in [5.74, 6) is -0.647. The van der Waals surface area contributed by atoms with Gasteiger partial charge in [-0.25, -0.2) is 4.79 Å². The lowest BCUT2D eigenvalue weighted by atomic mass is 10.1. The minimum Gasteiger partial charge on any atom is -0.452 e. The van der Waals surface area contributed by atoms with Crippen molar-refractivity contribution in [3.63, 3.8) is 0 Å². The number of anilines is 1. The molecule has 3 rings (SSSR count). The standard InChI is InChI=1S/C20H21NO3/c1-13-8-9-17(14(2)10-13)20(23)24-12-19(22)21-15(3)11-16-6-4-5-7-18(16)21/h4-10,15H,11-12H2,1-3H3/t15-/m0/s1. The van der Waals surface area contributed by atoms with Gasteiger partial charge in [-0.3, -0.25) is 4.79 Å². The molecule has 1 heterocycles. The van der Waals surface area contributed by atoms with Crippen molar-refractivity contribution in [1.29, 1.82) is 0 Å². The fourth-order valence-corrected chi connectivity index (χ4v) is 3.26. The van der Waals surface area contributed by atoms with Crippen LogP contribution in [0.5, 0.6) is 0 Å². The first-order valence-corrected chi connectivity index (χ1v) is 8.11. The summed E-state index contributed by atoms with van der Waals surface area (Å²) in [6, 6.07) is 13.5. The molecule has 124 valence electrons. The fraction of sp³-hybridized carbons (Fsp3) is 0.300. The van der Waals surface area contributed by atoms with Crippen molar-refractivity contribution in [3.05, 3.63) is 64.7 Å².